The molecule has 1 saturated heterocycles. The van der Waals surface area contributed by atoms with Gasteiger partial charge in [0.05, 0.1) is 6.04 Å². The first-order chi connectivity index (χ1) is 11.3. The molecule has 1 amide bonds. The Hall–Kier alpha value is -2.33. The van der Waals surface area contributed by atoms with Crippen molar-refractivity contribution in [2.45, 2.75) is 19.1 Å². The summed E-state index contributed by atoms with van der Waals surface area (Å²) >= 11 is 0. The lowest BCUT2D eigenvalue weighted by Crippen LogP contribution is -2.54. The molecule has 4 nitrogen and oxygen atoms in total. The van der Waals surface area contributed by atoms with E-state index in [4.69, 9.17) is 4.74 Å². The van der Waals surface area contributed by atoms with Crippen LogP contribution in [-0.2, 0) is 17.8 Å². The molecule has 120 valence electrons. The van der Waals surface area contributed by atoms with Crippen LogP contribution in [0.15, 0.2) is 60.7 Å². The Morgan fingerprint density at radius 1 is 1.04 bits per heavy atom. The predicted molar refractivity (Wildman–Crippen MR) is 90.1 cm³/mol. The van der Waals surface area contributed by atoms with Crippen molar-refractivity contribution in [1.29, 1.82) is 0 Å². The number of nitrogens with zero attached hydrogens (tertiary/aromatic N) is 1. The molecule has 0 radical (unpaired) electrons. The number of benzene rings is 2. The number of amides is 1. The molecule has 1 atom stereocenters. The lowest BCUT2D eigenvalue weighted by Gasteiger charge is -2.35. The van der Waals surface area contributed by atoms with Gasteiger partial charge in [-0.05, 0) is 17.5 Å². The minimum Gasteiger partial charge on any atom is -0.445 e. The van der Waals surface area contributed by atoms with Gasteiger partial charge in [0.2, 0.25) is 0 Å². The van der Waals surface area contributed by atoms with E-state index in [0.29, 0.717) is 13.2 Å². The summed E-state index contributed by atoms with van der Waals surface area (Å²) in [6.07, 6.45) is 0.616. The summed E-state index contributed by atoms with van der Waals surface area (Å²) < 4.78 is 5.49. The maximum atomic E-state index is 12.4. The topological polar surface area (TPSA) is 41.6 Å². The predicted octanol–water partition coefficient (Wildman–Crippen LogP) is 2.84. The number of carbonyl (C=O) groups is 1. The monoisotopic (exact) mass is 310 g/mol. The van der Waals surface area contributed by atoms with Gasteiger partial charge in [0, 0.05) is 19.6 Å². The van der Waals surface area contributed by atoms with E-state index in [-0.39, 0.29) is 12.1 Å². The van der Waals surface area contributed by atoms with Gasteiger partial charge in [0.25, 0.3) is 0 Å². The number of nitrogens with one attached hydrogen (secondary N) is 1. The average Bonchev–Trinajstić information content (AvgIpc) is 2.62. The van der Waals surface area contributed by atoms with Gasteiger partial charge < -0.3 is 15.0 Å². The molecule has 0 aliphatic carbocycles. The first-order valence-corrected chi connectivity index (χ1v) is 8.05. The molecule has 23 heavy (non-hydrogen) atoms. The minimum absolute atomic E-state index is 0.134. The number of ether oxygens (including phenoxy) is 1. The molecule has 0 spiro atoms. The summed E-state index contributed by atoms with van der Waals surface area (Å²) in [6.45, 7) is 2.62. The molecule has 1 fully saturated rings. The second kappa shape index (κ2) is 7.79. The van der Waals surface area contributed by atoms with E-state index in [1.807, 2.05) is 53.4 Å². The second-order valence-electron chi connectivity index (χ2n) is 5.78. The zero-order chi connectivity index (χ0) is 15.9. The van der Waals surface area contributed by atoms with Crippen LogP contribution in [0.4, 0.5) is 4.79 Å². The van der Waals surface area contributed by atoms with Crippen molar-refractivity contribution in [3.63, 3.8) is 0 Å². The smallest absolute Gasteiger partial charge is 0.410 e. The molecule has 0 saturated carbocycles. The summed E-state index contributed by atoms with van der Waals surface area (Å²) in [4.78, 5) is 14.3. The number of carbonyl (C=O) groups excluding carboxylic acids is 1. The third-order valence-corrected chi connectivity index (χ3v) is 4.10. The highest BCUT2D eigenvalue weighted by atomic mass is 16.6. The molecule has 1 N–H and O–H groups in total. The van der Waals surface area contributed by atoms with Gasteiger partial charge in [-0.3, -0.25) is 0 Å². The third kappa shape index (κ3) is 4.33. The maximum Gasteiger partial charge on any atom is 0.410 e. The van der Waals surface area contributed by atoms with Crippen molar-refractivity contribution in [1.82, 2.24) is 10.2 Å². The van der Waals surface area contributed by atoms with Gasteiger partial charge in [-0.25, -0.2) is 4.79 Å². The van der Waals surface area contributed by atoms with Gasteiger partial charge in [-0.2, -0.15) is 0 Å². The number of piperazine rings is 1. The Balaban J connectivity index is 1.60. The average molecular weight is 310 g/mol. The fourth-order valence-corrected chi connectivity index (χ4v) is 2.87. The molecule has 2 aromatic rings. The van der Waals surface area contributed by atoms with Gasteiger partial charge in [-0.1, -0.05) is 60.7 Å². The van der Waals surface area contributed by atoms with E-state index in [9.17, 15) is 4.79 Å². The van der Waals surface area contributed by atoms with Crippen molar-refractivity contribution in [2.75, 3.05) is 19.6 Å². The Morgan fingerprint density at radius 2 is 1.70 bits per heavy atom. The Kier molecular flexibility index (Phi) is 5.27. The van der Waals surface area contributed by atoms with Crippen molar-refractivity contribution >= 4 is 6.09 Å². The molecule has 2 aromatic carbocycles. The molecule has 4 heteroatoms. The van der Waals surface area contributed by atoms with Crippen LogP contribution in [0.1, 0.15) is 11.1 Å². The van der Waals surface area contributed by atoms with Crippen LogP contribution in [0.3, 0.4) is 0 Å². The lowest BCUT2D eigenvalue weighted by molar-refractivity contribution is 0.0722. The Bertz CT molecular complexity index is 616. The van der Waals surface area contributed by atoms with Crippen LogP contribution in [0.5, 0.6) is 0 Å². The van der Waals surface area contributed by atoms with Gasteiger partial charge in [0.15, 0.2) is 0 Å². The second-order valence-corrected chi connectivity index (χ2v) is 5.78. The normalized spacial score (nSPS) is 17.7. The maximum absolute atomic E-state index is 12.4. The van der Waals surface area contributed by atoms with E-state index < -0.39 is 0 Å². The summed E-state index contributed by atoms with van der Waals surface area (Å²) in [5.41, 5.74) is 2.25. The van der Waals surface area contributed by atoms with Crippen molar-refractivity contribution < 1.29 is 9.53 Å². The molecule has 0 bridgehead atoms. The molecule has 1 aliphatic heterocycles. The van der Waals surface area contributed by atoms with Gasteiger partial charge in [-0.15, -0.1) is 0 Å². The number of hydrogen-bond acceptors (Lipinski definition) is 3. The van der Waals surface area contributed by atoms with Crippen LogP contribution in [-0.4, -0.2) is 36.7 Å². The van der Waals surface area contributed by atoms with E-state index in [2.05, 4.69) is 17.4 Å². The summed E-state index contributed by atoms with van der Waals surface area (Å²) in [5, 5.41) is 3.36. The van der Waals surface area contributed by atoms with Gasteiger partial charge >= 0.3 is 6.09 Å². The standard InChI is InChI=1S/C19H22N2O2/c22-19(23-15-17-9-5-2-6-10-17)21-12-11-20-14-18(21)13-16-7-3-1-4-8-16/h1-10,18,20H,11-15H2/t18-/m1/s1. The highest BCUT2D eigenvalue weighted by molar-refractivity contribution is 5.68. The van der Waals surface area contributed by atoms with Crippen LogP contribution in [0, 0.1) is 0 Å². The highest BCUT2D eigenvalue weighted by Crippen LogP contribution is 2.13. The van der Waals surface area contributed by atoms with Crippen LogP contribution >= 0.6 is 0 Å². The molecule has 1 aliphatic rings. The van der Waals surface area contributed by atoms with Crippen molar-refractivity contribution in [3.8, 4) is 0 Å². The summed E-state index contributed by atoms with van der Waals surface area (Å²) in [5.74, 6) is 0. The molecule has 1 heterocycles. The largest absolute Gasteiger partial charge is 0.445 e. The highest BCUT2D eigenvalue weighted by Gasteiger charge is 2.27. The summed E-state index contributed by atoms with van der Waals surface area (Å²) in [6, 6.07) is 20.2. The van der Waals surface area contributed by atoms with E-state index in [1.54, 1.807) is 0 Å². The first-order valence-electron chi connectivity index (χ1n) is 8.05. The van der Waals surface area contributed by atoms with E-state index in [0.717, 1.165) is 25.1 Å². The first kappa shape index (κ1) is 15.6. The fraction of sp³-hybridized carbons (Fsp3) is 0.316. The zero-order valence-electron chi connectivity index (χ0n) is 13.2. The molecule has 0 unspecified atom stereocenters. The van der Waals surface area contributed by atoms with Crippen molar-refractivity contribution in [2.24, 2.45) is 0 Å². The van der Waals surface area contributed by atoms with E-state index in [1.165, 1.54) is 5.56 Å². The Labute approximate surface area is 137 Å². The third-order valence-electron chi connectivity index (χ3n) is 4.10. The molecular weight excluding hydrogens is 288 g/mol. The number of hydrogen-bond donors (Lipinski definition) is 1. The zero-order valence-corrected chi connectivity index (χ0v) is 13.2. The van der Waals surface area contributed by atoms with Crippen LogP contribution < -0.4 is 5.32 Å². The number of rotatable bonds is 4. The van der Waals surface area contributed by atoms with Crippen LogP contribution in [0.25, 0.3) is 0 Å². The summed E-state index contributed by atoms with van der Waals surface area (Å²) in [7, 11) is 0. The molecular formula is C19H22N2O2. The van der Waals surface area contributed by atoms with Gasteiger partial charge in [0.1, 0.15) is 6.61 Å². The fourth-order valence-electron chi connectivity index (χ4n) is 2.87. The minimum atomic E-state index is -0.226. The lowest BCUT2D eigenvalue weighted by atomic mass is 10.0. The van der Waals surface area contributed by atoms with Crippen LogP contribution in [0.2, 0.25) is 0 Å². The van der Waals surface area contributed by atoms with E-state index >= 15 is 0 Å². The quantitative estimate of drug-likeness (QED) is 0.944. The molecule has 3 rings (SSSR count). The van der Waals surface area contributed by atoms with Crippen molar-refractivity contribution in [3.05, 3.63) is 71.8 Å². The SMILES string of the molecule is O=C(OCc1ccccc1)N1CCNC[C@H]1Cc1ccccc1. The Morgan fingerprint density at radius 3 is 2.39 bits per heavy atom. The molecule has 0 aromatic heterocycles.